The maximum Gasteiger partial charge on any atom is 0.337 e. The number of benzene rings is 2. The highest BCUT2D eigenvalue weighted by Crippen LogP contribution is 2.33. The second kappa shape index (κ2) is 9.27. The molecule has 0 atom stereocenters. The number of imide groups is 1. The van der Waals surface area contributed by atoms with Crippen molar-refractivity contribution in [2.24, 2.45) is 0 Å². The number of aromatic carboxylic acids is 1. The molecule has 0 saturated heterocycles. The molecule has 0 radical (unpaired) electrons. The van der Waals surface area contributed by atoms with Crippen LogP contribution in [0.2, 0.25) is 0 Å². The average Bonchev–Trinajstić information content (AvgIpc) is 3.14. The van der Waals surface area contributed by atoms with Gasteiger partial charge in [-0.3, -0.25) is 19.3 Å². The van der Waals surface area contributed by atoms with Crippen LogP contribution >= 0.6 is 0 Å². The molecule has 1 aliphatic rings. The summed E-state index contributed by atoms with van der Waals surface area (Å²) in [5.74, 6) is -2.28. The van der Waals surface area contributed by atoms with Gasteiger partial charge in [0.2, 0.25) is 0 Å². The molecule has 3 heterocycles. The van der Waals surface area contributed by atoms with E-state index < -0.39 is 17.8 Å². The van der Waals surface area contributed by atoms with Gasteiger partial charge in [-0.15, -0.1) is 0 Å². The molecule has 2 aromatic carbocycles. The minimum atomic E-state index is -1.27. The van der Waals surface area contributed by atoms with Gasteiger partial charge in [0, 0.05) is 17.2 Å². The van der Waals surface area contributed by atoms with E-state index >= 15 is 0 Å². The molecule has 184 valence electrons. The molecule has 2 aromatic heterocycles. The van der Waals surface area contributed by atoms with Gasteiger partial charge in [-0.05, 0) is 38.1 Å². The summed E-state index contributed by atoms with van der Waals surface area (Å²) >= 11 is 0. The lowest BCUT2D eigenvalue weighted by molar-refractivity contribution is 0.0625. The summed E-state index contributed by atoms with van der Waals surface area (Å²) in [7, 11) is 0. The highest BCUT2D eigenvalue weighted by Gasteiger charge is 2.36. The van der Waals surface area contributed by atoms with Gasteiger partial charge in [-0.1, -0.05) is 42.5 Å². The summed E-state index contributed by atoms with van der Waals surface area (Å²) in [5.41, 5.74) is 2.01. The predicted octanol–water partition coefficient (Wildman–Crippen LogP) is 4.05. The van der Waals surface area contributed by atoms with Crippen molar-refractivity contribution in [3.05, 3.63) is 106 Å². The van der Waals surface area contributed by atoms with Gasteiger partial charge in [0.1, 0.15) is 0 Å². The van der Waals surface area contributed by atoms with E-state index in [-0.39, 0.29) is 40.5 Å². The quantitative estimate of drug-likeness (QED) is 0.401. The highest BCUT2D eigenvalue weighted by atomic mass is 16.4. The summed E-state index contributed by atoms with van der Waals surface area (Å²) < 4.78 is 1.32. The Morgan fingerprint density at radius 3 is 2.08 bits per heavy atom. The summed E-state index contributed by atoms with van der Waals surface area (Å²) in [6, 6.07) is 19.7. The predicted molar refractivity (Wildman–Crippen MR) is 135 cm³/mol. The number of fused-ring (bicyclic) bond motifs is 1. The zero-order valence-corrected chi connectivity index (χ0v) is 20.1. The Morgan fingerprint density at radius 1 is 0.865 bits per heavy atom. The van der Waals surface area contributed by atoms with Crippen LogP contribution < -0.4 is 5.56 Å². The molecular formula is C28H22N4O5. The molecular weight excluding hydrogens is 472 g/mol. The lowest BCUT2D eigenvalue weighted by Gasteiger charge is -2.18. The second-order valence-electron chi connectivity index (χ2n) is 8.89. The molecule has 0 aliphatic carbocycles. The number of rotatable bonds is 6. The smallest absolute Gasteiger partial charge is 0.337 e. The van der Waals surface area contributed by atoms with Crippen molar-refractivity contribution in [1.82, 2.24) is 19.7 Å². The van der Waals surface area contributed by atoms with Crippen LogP contribution in [0.25, 0.3) is 22.5 Å². The fraction of sp³-hybridized carbons (Fsp3) is 0.143. The Labute approximate surface area is 211 Å². The van der Waals surface area contributed by atoms with Crippen molar-refractivity contribution in [2.45, 2.75) is 26.4 Å². The van der Waals surface area contributed by atoms with Gasteiger partial charge in [0.25, 0.3) is 17.4 Å². The van der Waals surface area contributed by atoms with E-state index in [2.05, 4.69) is 10.1 Å². The standard InChI is InChI=1S/C28H22N4O5/c1-16(2)32-24(33)13-12-22(30-32)20-14-21(28(36)37)23(29-25(20)17-8-4-3-5-9-17)15-31-26(34)18-10-6-7-11-19(18)27(31)35/h3-14,16H,15H2,1-2H3,(H,36,37). The molecule has 4 aromatic rings. The van der Waals surface area contributed by atoms with Crippen LogP contribution in [0.4, 0.5) is 0 Å². The fourth-order valence-electron chi connectivity index (χ4n) is 4.34. The molecule has 0 unspecified atom stereocenters. The van der Waals surface area contributed by atoms with E-state index in [1.165, 1.54) is 22.9 Å². The molecule has 0 spiro atoms. The lowest BCUT2D eigenvalue weighted by atomic mass is 9.99. The first-order valence-corrected chi connectivity index (χ1v) is 11.6. The van der Waals surface area contributed by atoms with Crippen molar-refractivity contribution in [2.75, 3.05) is 0 Å². The maximum absolute atomic E-state index is 13.0. The average molecular weight is 495 g/mol. The van der Waals surface area contributed by atoms with Gasteiger partial charge in [0.15, 0.2) is 0 Å². The number of amides is 2. The first-order valence-electron chi connectivity index (χ1n) is 11.6. The number of pyridine rings is 1. The van der Waals surface area contributed by atoms with Crippen LogP contribution in [0.15, 0.2) is 77.6 Å². The highest BCUT2D eigenvalue weighted by molar-refractivity contribution is 6.21. The summed E-state index contributed by atoms with van der Waals surface area (Å²) in [5, 5.41) is 14.5. The van der Waals surface area contributed by atoms with Crippen LogP contribution in [0, 0.1) is 0 Å². The first-order chi connectivity index (χ1) is 17.8. The monoisotopic (exact) mass is 494 g/mol. The van der Waals surface area contributed by atoms with Crippen LogP contribution in [0.5, 0.6) is 0 Å². The van der Waals surface area contributed by atoms with E-state index in [9.17, 15) is 24.3 Å². The van der Waals surface area contributed by atoms with Crippen molar-refractivity contribution < 1.29 is 19.5 Å². The summed E-state index contributed by atoms with van der Waals surface area (Å²) in [6.07, 6.45) is 0. The molecule has 1 aliphatic heterocycles. The summed E-state index contributed by atoms with van der Waals surface area (Å²) in [4.78, 5) is 56.2. The third-order valence-corrected chi connectivity index (χ3v) is 6.16. The Hall–Kier alpha value is -4.92. The number of nitrogens with zero attached hydrogens (tertiary/aromatic N) is 4. The largest absolute Gasteiger partial charge is 0.478 e. The van der Waals surface area contributed by atoms with Crippen LogP contribution in [-0.2, 0) is 6.54 Å². The van der Waals surface area contributed by atoms with Gasteiger partial charge >= 0.3 is 5.97 Å². The Morgan fingerprint density at radius 2 is 1.49 bits per heavy atom. The van der Waals surface area contributed by atoms with Gasteiger partial charge in [-0.25, -0.2) is 14.5 Å². The molecule has 9 nitrogen and oxygen atoms in total. The van der Waals surface area contributed by atoms with Crippen molar-refractivity contribution >= 4 is 17.8 Å². The normalized spacial score (nSPS) is 12.8. The third kappa shape index (κ3) is 4.20. The molecule has 1 N–H and O–H groups in total. The second-order valence-corrected chi connectivity index (χ2v) is 8.89. The molecule has 5 rings (SSSR count). The first kappa shape index (κ1) is 23.8. The number of hydrogen-bond donors (Lipinski definition) is 1. The van der Waals surface area contributed by atoms with Crippen molar-refractivity contribution in [3.8, 4) is 22.5 Å². The van der Waals surface area contributed by atoms with Crippen molar-refractivity contribution in [3.63, 3.8) is 0 Å². The number of hydrogen-bond acceptors (Lipinski definition) is 6. The van der Waals surface area contributed by atoms with Crippen LogP contribution in [0.1, 0.15) is 56.7 Å². The maximum atomic E-state index is 13.0. The van der Waals surface area contributed by atoms with Gasteiger partial charge in [0.05, 0.1) is 46.4 Å². The Kier molecular flexibility index (Phi) is 5.96. The van der Waals surface area contributed by atoms with Gasteiger partial charge < -0.3 is 5.11 Å². The zero-order chi connectivity index (χ0) is 26.3. The molecule has 2 amide bonds. The van der Waals surface area contributed by atoms with Crippen molar-refractivity contribution in [1.29, 1.82) is 0 Å². The minimum Gasteiger partial charge on any atom is -0.478 e. The number of carboxylic acid groups (broad SMARTS) is 1. The Bertz CT molecular complexity index is 1590. The van der Waals surface area contributed by atoms with E-state index in [0.717, 1.165) is 4.90 Å². The molecule has 0 bridgehead atoms. The fourth-order valence-corrected chi connectivity index (χ4v) is 4.34. The summed E-state index contributed by atoms with van der Waals surface area (Å²) in [6.45, 7) is 3.33. The Balaban J connectivity index is 1.69. The van der Waals surface area contributed by atoms with E-state index in [1.54, 1.807) is 24.3 Å². The minimum absolute atomic E-state index is 0.0572. The van der Waals surface area contributed by atoms with Crippen LogP contribution in [-0.4, -0.2) is 42.6 Å². The molecule has 37 heavy (non-hydrogen) atoms. The number of carboxylic acids is 1. The number of carbonyl (C=O) groups excluding carboxylic acids is 2. The van der Waals surface area contributed by atoms with E-state index in [1.807, 2.05) is 44.2 Å². The molecule has 9 heteroatoms. The number of carbonyl (C=O) groups is 3. The number of aromatic nitrogens is 3. The van der Waals surface area contributed by atoms with E-state index in [4.69, 9.17) is 0 Å². The van der Waals surface area contributed by atoms with Gasteiger partial charge in [-0.2, -0.15) is 5.10 Å². The van der Waals surface area contributed by atoms with E-state index in [0.29, 0.717) is 22.5 Å². The third-order valence-electron chi connectivity index (χ3n) is 6.16. The molecule has 0 saturated carbocycles. The molecule has 0 fully saturated rings. The topological polar surface area (TPSA) is 122 Å². The lowest BCUT2D eigenvalue weighted by Crippen LogP contribution is -2.30. The van der Waals surface area contributed by atoms with Crippen LogP contribution in [0.3, 0.4) is 0 Å². The zero-order valence-electron chi connectivity index (χ0n) is 20.1. The SMILES string of the molecule is CC(C)n1nc(-c2cc(C(=O)O)c(CN3C(=O)c4ccccc4C3=O)nc2-c2ccccc2)ccc1=O.